The number of benzene rings is 1. The monoisotopic (exact) mass is 261 g/mol. The van der Waals surface area contributed by atoms with E-state index in [9.17, 15) is 15.2 Å². The van der Waals surface area contributed by atoms with Crippen LogP contribution in [0, 0.1) is 21.4 Å². The highest BCUT2D eigenvalue weighted by Crippen LogP contribution is 2.30. The molecule has 0 saturated carbocycles. The summed E-state index contributed by atoms with van der Waals surface area (Å²) in [6.07, 6.45) is 2.92. The van der Waals surface area contributed by atoms with Crippen molar-refractivity contribution >= 4 is 11.4 Å². The number of non-ortho nitro benzene ring substituents is 1. The molecule has 0 bridgehead atoms. The zero-order valence-corrected chi connectivity index (χ0v) is 10.5. The maximum absolute atomic E-state index is 10.7. The summed E-state index contributed by atoms with van der Waals surface area (Å²) in [6, 6.07) is 6.29. The Morgan fingerprint density at radius 3 is 2.95 bits per heavy atom. The first-order valence-corrected chi connectivity index (χ1v) is 6.23. The molecule has 19 heavy (non-hydrogen) atoms. The number of nitro benzene ring substituents is 1. The summed E-state index contributed by atoms with van der Waals surface area (Å²) >= 11 is 0. The molecule has 6 nitrogen and oxygen atoms in total. The zero-order valence-electron chi connectivity index (χ0n) is 10.5. The minimum absolute atomic E-state index is 0.0118. The number of anilines is 1. The Kier molecular flexibility index (Phi) is 3.97. The van der Waals surface area contributed by atoms with E-state index in [0.29, 0.717) is 5.69 Å². The van der Waals surface area contributed by atoms with E-state index >= 15 is 0 Å². The minimum atomic E-state index is -0.510. The molecule has 0 radical (unpaired) electrons. The third kappa shape index (κ3) is 2.66. The minimum Gasteiger partial charge on any atom is -0.394 e. The lowest BCUT2D eigenvalue weighted by atomic mass is 10.0. The molecule has 1 atom stereocenters. The van der Waals surface area contributed by atoms with Crippen molar-refractivity contribution in [1.29, 1.82) is 5.26 Å². The molecular weight excluding hydrogens is 246 g/mol. The maximum atomic E-state index is 10.7. The van der Waals surface area contributed by atoms with Crippen LogP contribution in [0.1, 0.15) is 24.8 Å². The van der Waals surface area contributed by atoms with E-state index in [2.05, 4.69) is 0 Å². The fourth-order valence-corrected chi connectivity index (χ4v) is 2.49. The summed E-state index contributed by atoms with van der Waals surface area (Å²) in [5.41, 5.74) is 0.874. The lowest BCUT2D eigenvalue weighted by molar-refractivity contribution is -0.384. The highest BCUT2D eigenvalue weighted by molar-refractivity contribution is 5.63. The predicted octanol–water partition coefficient (Wildman–Crippen LogP) is 1.82. The molecule has 1 unspecified atom stereocenters. The van der Waals surface area contributed by atoms with Crippen molar-refractivity contribution in [3.63, 3.8) is 0 Å². The Morgan fingerprint density at radius 2 is 2.32 bits per heavy atom. The van der Waals surface area contributed by atoms with Crippen LogP contribution in [0.15, 0.2) is 18.2 Å². The van der Waals surface area contributed by atoms with Crippen LogP contribution in [0.2, 0.25) is 0 Å². The normalized spacial score (nSPS) is 18.9. The van der Waals surface area contributed by atoms with Gasteiger partial charge in [0.25, 0.3) is 5.69 Å². The highest BCUT2D eigenvalue weighted by atomic mass is 16.6. The number of piperidine rings is 1. The molecule has 1 saturated heterocycles. The van der Waals surface area contributed by atoms with Gasteiger partial charge < -0.3 is 10.0 Å². The summed E-state index contributed by atoms with van der Waals surface area (Å²) in [7, 11) is 0. The fraction of sp³-hybridized carbons (Fsp3) is 0.462. The number of aliphatic hydroxyl groups excluding tert-OH is 1. The van der Waals surface area contributed by atoms with Gasteiger partial charge in [-0.05, 0) is 25.3 Å². The molecule has 1 fully saturated rings. The highest BCUT2D eigenvalue weighted by Gasteiger charge is 2.24. The lowest BCUT2D eigenvalue weighted by Gasteiger charge is -2.36. The number of aliphatic hydroxyl groups is 1. The SMILES string of the molecule is N#Cc1cc([N+](=O)[O-])ccc1N1CCCCC1CO. The molecule has 1 aliphatic heterocycles. The van der Waals surface area contributed by atoms with Gasteiger partial charge in [-0.3, -0.25) is 10.1 Å². The topological polar surface area (TPSA) is 90.4 Å². The zero-order chi connectivity index (χ0) is 13.8. The third-order valence-corrected chi connectivity index (χ3v) is 3.46. The van der Waals surface area contributed by atoms with Gasteiger partial charge in [0.05, 0.1) is 28.8 Å². The van der Waals surface area contributed by atoms with E-state index in [4.69, 9.17) is 5.26 Å². The Balaban J connectivity index is 2.38. The van der Waals surface area contributed by atoms with Crippen LogP contribution in [0.3, 0.4) is 0 Å². The average Bonchev–Trinajstić information content (AvgIpc) is 2.46. The van der Waals surface area contributed by atoms with Crippen LogP contribution in [0.5, 0.6) is 0 Å². The molecule has 2 rings (SSSR count). The van der Waals surface area contributed by atoms with E-state index in [-0.39, 0.29) is 23.9 Å². The summed E-state index contributed by atoms with van der Waals surface area (Å²) < 4.78 is 0. The Morgan fingerprint density at radius 1 is 1.53 bits per heavy atom. The number of hydrogen-bond acceptors (Lipinski definition) is 5. The standard InChI is InChI=1S/C13H15N3O3/c14-8-10-7-11(16(18)19)4-5-13(10)15-6-2-1-3-12(15)9-17/h4-5,7,12,17H,1-3,6,9H2. The average molecular weight is 261 g/mol. The first-order chi connectivity index (χ1) is 9.17. The summed E-state index contributed by atoms with van der Waals surface area (Å²) in [4.78, 5) is 12.2. The molecule has 0 spiro atoms. The second-order valence-corrected chi connectivity index (χ2v) is 4.60. The van der Waals surface area contributed by atoms with Gasteiger partial charge in [0, 0.05) is 18.7 Å². The molecule has 6 heteroatoms. The van der Waals surface area contributed by atoms with Crippen molar-refractivity contribution < 1.29 is 10.0 Å². The molecule has 1 N–H and O–H groups in total. The number of hydrogen-bond donors (Lipinski definition) is 1. The van der Waals surface area contributed by atoms with E-state index in [0.717, 1.165) is 25.8 Å². The molecule has 0 aliphatic carbocycles. The van der Waals surface area contributed by atoms with Gasteiger partial charge in [0.15, 0.2) is 0 Å². The predicted molar refractivity (Wildman–Crippen MR) is 69.9 cm³/mol. The molecule has 1 aliphatic rings. The second kappa shape index (κ2) is 5.67. The molecule has 0 amide bonds. The van der Waals surface area contributed by atoms with Crippen molar-refractivity contribution in [2.75, 3.05) is 18.1 Å². The van der Waals surface area contributed by atoms with Crippen molar-refractivity contribution in [3.05, 3.63) is 33.9 Å². The molecule has 1 aromatic rings. The van der Waals surface area contributed by atoms with E-state index in [1.54, 1.807) is 6.07 Å². The van der Waals surface area contributed by atoms with Crippen LogP contribution in [0.25, 0.3) is 0 Å². The summed E-state index contributed by atoms with van der Waals surface area (Å²) in [5, 5.41) is 29.3. The van der Waals surface area contributed by atoms with Gasteiger partial charge in [-0.1, -0.05) is 0 Å². The fourth-order valence-electron chi connectivity index (χ4n) is 2.49. The number of rotatable bonds is 3. The molecule has 1 aromatic carbocycles. The summed E-state index contributed by atoms with van der Waals surface area (Å²) in [5.74, 6) is 0. The lowest BCUT2D eigenvalue weighted by Crippen LogP contribution is -2.42. The molecule has 0 aromatic heterocycles. The largest absolute Gasteiger partial charge is 0.394 e. The van der Waals surface area contributed by atoms with Gasteiger partial charge in [-0.25, -0.2) is 0 Å². The van der Waals surface area contributed by atoms with Crippen molar-refractivity contribution in [2.24, 2.45) is 0 Å². The molecule has 1 heterocycles. The Hall–Kier alpha value is -2.13. The molecule has 100 valence electrons. The second-order valence-electron chi connectivity index (χ2n) is 4.60. The first-order valence-electron chi connectivity index (χ1n) is 6.23. The van der Waals surface area contributed by atoms with Crippen LogP contribution >= 0.6 is 0 Å². The van der Waals surface area contributed by atoms with Gasteiger partial charge in [0.2, 0.25) is 0 Å². The smallest absolute Gasteiger partial charge is 0.270 e. The van der Waals surface area contributed by atoms with Crippen molar-refractivity contribution in [3.8, 4) is 6.07 Å². The van der Waals surface area contributed by atoms with Crippen LogP contribution < -0.4 is 4.90 Å². The van der Waals surface area contributed by atoms with Gasteiger partial charge in [-0.2, -0.15) is 5.26 Å². The Bertz CT molecular complexity index is 524. The summed E-state index contributed by atoms with van der Waals surface area (Å²) in [6.45, 7) is 0.791. The maximum Gasteiger partial charge on any atom is 0.270 e. The number of nitro groups is 1. The van der Waals surface area contributed by atoms with Gasteiger partial charge in [-0.15, -0.1) is 0 Å². The number of nitrogens with zero attached hydrogens (tertiary/aromatic N) is 3. The Labute approximate surface area is 111 Å². The van der Waals surface area contributed by atoms with E-state index in [1.165, 1.54) is 12.1 Å². The molecular formula is C13H15N3O3. The first kappa shape index (κ1) is 13.3. The van der Waals surface area contributed by atoms with E-state index in [1.807, 2.05) is 11.0 Å². The van der Waals surface area contributed by atoms with E-state index < -0.39 is 4.92 Å². The quantitative estimate of drug-likeness (QED) is 0.662. The van der Waals surface area contributed by atoms with Crippen molar-refractivity contribution in [1.82, 2.24) is 0 Å². The van der Waals surface area contributed by atoms with Crippen molar-refractivity contribution in [2.45, 2.75) is 25.3 Å². The van der Waals surface area contributed by atoms with Crippen LogP contribution in [0.4, 0.5) is 11.4 Å². The van der Waals surface area contributed by atoms with Gasteiger partial charge >= 0.3 is 0 Å². The van der Waals surface area contributed by atoms with Gasteiger partial charge in [0.1, 0.15) is 6.07 Å². The van der Waals surface area contributed by atoms with Crippen LogP contribution in [-0.4, -0.2) is 29.2 Å². The third-order valence-electron chi connectivity index (χ3n) is 3.46. The van der Waals surface area contributed by atoms with Crippen LogP contribution in [-0.2, 0) is 0 Å². The number of nitriles is 1.